The Labute approximate surface area is 459 Å². The molecule has 0 radical (unpaired) electrons. The van der Waals surface area contributed by atoms with Gasteiger partial charge in [-0.1, -0.05) is 83.5 Å². The molecule has 2 aliphatic heterocycles. The van der Waals surface area contributed by atoms with Crippen LogP contribution in [0.1, 0.15) is 102 Å². The first-order valence-electron chi connectivity index (χ1n) is 26.8. The molecule has 3 amide bonds. The number of rotatable bonds is 25. The van der Waals surface area contributed by atoms with Crippen LogP contribution in [0.3, 0.4) is 0 Å². The molecule has 2 aliphatic rings. The lowest BCUT2D eigenvalue weighted by atomic mass is 9.85. The lowest BCUT2D eigenvalue weighted by Crippen LogP contribution is -2.58. The van der Waals surface area contributed by atoms with Crippen LogP contribution in [-0.4, -0.2) is 139 Å². The average Bonchev–Trinajstić information content (AvgIpc) is 4.24. The van der Waals surface area contributed by atoms with Crippen molar-refractivity contribution in [1.82, 2.24) is 30.4 Å². The highest BCUT2D eigenvalue weighted by atomic mass is 32.1. The number of benzene rings is 3. The molecular weight excluding hydrogens is 1030 g/mol. The van der Waals surface area contributed by atoms with Crippen molar-refractivity contribution in [2.45, 2.75) is 130 Å². The van der Waals surface area contributed by atoms with Crippen LogP contribution in [0.25, 0.3) is 21.3 Å². The zero-order chi connectivity index (χ0) is 56.5. The van der Waals surface area contributed by atoms with Crippen molar-refractivity contribution in [1.29, 1.82) is 0 Å². The highest BCUT2D eigenvalue weighted by Gasteiger charge is 2.47. The predicted molar refractivity (Wildman–Crippen MR) is 292 cm³/mol. The maximum atomic E-state index is 16.1. The summed E-state index contributed by atoms with van der Waals surface area (Å²) in [7, 11) is 0. The molecule has 16 nitrogen and oxygen atoms in total. The number of para-hydroxylation sites is 1. The van der Waals surface area contributed by atoms with Gasteiger partial charge in [-0.05, 0) is 68.2 Å². The summed E-state index contributed by atoms with van der Waals surface area (Å²) in [4.78, 5) is 66.7. The lowest BCUT2D eigenvalue weighted by molar-refractivity contribution is -0.152. The SMILES string of the molecule is CCC(C)C(N)C(=O)O[C@@H]1C[C@@H](C(=O)NCc2ccc(-c3scnc3C)cc2)N(C(=O)C(NC(=O)COCCOCCOCCOc2cc(F)c([C@@H]3c4[nH]c5ccccc5c4C[C@@H](C)N3CC(C)(C)F)c(F)c2)C(C)(C)C)C1. The largest absolute Gasteiger partial charge is 0.491 e. The standard InChI is InChI=1S/C58H76F3N7O9S/c1-10-34(2)49(62)56(72)77-40-28-46(54(70)63-29-37-15-17-38(18-16-37)52-36(4)64-33-78-52)67(30-40)55(71)53(57(5,6)7)66-47(69)31-75-22-21-73-19-20-74-23-24-76-39-26-43(59)48(44(60)27-39)51-50-42(41-13-11-12-14-45(41)65-50)25-35(3)68(51)32-58(8,9)61/h11-18,26-27,33-35,40,46,49,51,53,65H,10,19-25,28-32,62H2,1-9H3,(H,63,70)(H,66,69)/t34?,35-,40-,46+,49?,51-,53?/m1/s1. The van der Waals surface area contributed by atoms with E-state index in [9.17, 15) is 19.2 Å². The maximum absolute atomic E-state index is 16.1. The summed E-state index contributed by atoms with van der Waals surface area (Å²) in [5.41, 5.74) is 10.6. The quantitative estimate of drug-likeness (QED) is 0.0324. The molecule has 0 spiro atoms. The summed E-state index contributed by atoms with van der Waals surface area (Å²) < 4.78 is 75.6. The first-order chi connectivity index (χ1) is 37.0. The van der Waals surface area contributed by atoms with Crippen molar-refractivity contribution >= 4 is 45.9 Å². The molecule has 20 heteroatoms. The lowest BCUT2D eigenvalue weighted by Gasteiger charge is -2.43. The van der Waals surface area contributed by atoms with Gasteiger partial charge in [0.1, 0.15) is 60.5 Å². The fraction of sp³-hybridized carbons (Fsp3) is 0.534. The zero-order valence-corrected chi connectivity index (χ0v) is 47.0. The number of aromatic nitrogens is 2. The van der Waals surface area contributed by atoms with Crippen molar-refractivity contribution < 1.29 is 56.0 Å². The van der Waals surface area contributed by atoms with Crippen LogP contribution in [0.2, 0.25) is 0 Å². The van der Waals surface area contributed by atoms with Crippen molar-refractivity contribution in [2.75, 3.05) is 59.3 Å². The Morgan fingerprint density at radius 1 is 0.936 bits per heavy atom. The summed E-state index contributed by atoms with van der Waals surface area (Å²) >= 11 is 1.55. The topological polar surface area (TPSA) is 200 Å². The number of fused-ring (bicyclic) bond motifs is 3. The van der Waals surface area contributed by atoms with Crippen molar-refractivity contribution in [3.63, 3.8) is 0 Å². The van der Waals surface area contributed by atoms with Crippen molar-refractivity contribution in [3.8, 4) is 16.2 Å². The number of carbonyl (C=O) groups excluding carboxylic acids is 4. The fourth-order valence-corrected chi connectivity index (χ4v) is 10.8. The van der Waals surface area contributed by atoms with E-state index < -0.39 is 76.7 Å². The third kappa shape index (κ3) is 15.1. The van der Waals surface area contributed by atoms with E-state index in [4.69, 9.17) is 29.4 Å². The van der Waals surface area contributed by atoms with Crippen LogP contribution in [-0.2, 0) is 51.1 Å². The molecule has 3 unspecified atom stereocenters. The number of nitrogens with zero attached hydrogens (tertiary/aromatic N) is 3. The first kappa shape index (κ1) is 59.8. The number of likely N-dealkylation sites (tertiary alicyclic amines) is 1. The number of H-pyrrole nitrogens is 1. The molecule has 5 aromatic rings. The number of thiazole rings is 1. The number of hydrogen-bond donors (Lipinski definition) is 4. The van der Waals surface area contributed by atoms with Crippen molar-refractivity contribution in [2.24, 2.45) is 17.1 Å². The maximum Gasteiger partial charge on any atom is 0.323 e. The van der Waals surface area contributed by atoms with E-state index in [-0.39, 0.29) is 95.6 Å². The van der Waals surface area contributed by atoms with E-state index in [2.05, 4.69) is 20.6 Å². The number of halogens is 3. The molecule has 0 saturated carbocycles. The zero-order valence-electron chi connectivity index (χ0n) is 46.2. The number of nitrogens with one attached hydrogen (secondary N) is 3. The van der Waals surface area contributed by atoms with Gasteiger partial charge in [0.05, 0.1) is 61.7 Å². The Bertz CT molecular complexity index is 2830. The summed E-state index contributed by atoms with van der Waals surface area (Å²) in [6.45, 7) is 16.3. The van der Waals surface area contributed by atoms with E-state index in [0.717, 1.165) is 50.3 Å². The monoisotopic (exact) mass is 1100 g/mol. The Morgan fingerprint density at radius 3 is 2.22 bits per heavy atom. The fourth-order valence-electron chi connectivity index (χ4n) is 10.0. The third-order valence-corrected chi connectivity index (χ3v) is 15.4. The number of alkyl halides is 1. The van der Waals surface area contributed by atoms with E-state index in [0.29, 0.717) is 18.5 Å². The number of esters is 1. The number of hydrogen-bond acceptors (Lipinski definition) is 13. The first-order valence-corrected chi connectivity index (χ1v) is 27.6. The van der Waals surface area contributed by atoms with Crippen LogP contribution in [0.15, 0.2) is 66.2 Å². The summed E-state index contributed by atoms with van der Waals surface area (Å²) in [6, 6.07) is 13.7. The number of carbonyl (C=O) groups is 4. The second-order valence-corrected chi connectivity index (χ2v) is 23.0. The molecule has 78 heavy (non-hydrogen) atoms. The van der Waals surface area contributed by atoms with Crippen LogP contribution in [0.5, 0.6) is 5.75 Å². The van der Waals surface area contributed by atoms with Gasteiger partial charge in [0, 0.05) is 59.8 Å². The molecule has 1 fully saturated rings. The van der Waals surface area contributed by atoms with Crippen LogP contribution in [0.4, 0.5) is 13.2 Å². The molecule has 3 aromatic carbocycles. The number of amides is 3. The predicted octanol–water partition coefficient (Wildman–Crippen LogP) is 8.12. The van der Waals surface area contributed by atoms with E-state index in [1.54, 1.807) is 37.6 Å². The Hall–Kier alpha value is -5.90. The van der Waals surface area contributed by atoms with E-state index in [1.165, 1.54) is 18.7 Å². The summed E-state index contributed by atoms with van der Waals surface area (Å²) in [5, 5.41) is 6.73. The van der Waals surface area contributed by atoms with Gasteiger partial charge in [-0.25, -0.2) is 18.2 Å². The van der Waals surface area contributed by atoms with Crippen molar-refractivity contribution in [3.05, 3.63) is 106 Å². The molecule has 424 valence electrons. The molecule has 0 bridgehead atoms. The van der Waals surface area contributed by atoms with E-state index in [1.807, 2.05) is 81.1 Å². The van der Waals surface area contributed by atoms with Gasteiger partial charge in [0.2, 0.25) is 17.7 Å². The smallest absolute Gasteiger partial charge is 0.323 e. The minimum atomic E-state index is -1.62. The Morgan fingerprint density at radius 2 is 1.59 bits per heavy atom. The molecule has 0 aliphatic carbocycles. The normalized spacial score (nSPS) is 19.1. The second kappa shape index (κ2) is 26.4. The minimum Gasteiger partial charge on any atom is -0.491 e. The van der Waals surface area contributed by atoms with Gasteiger partial charge in [0.15, 0.2) is 0 Å². The highest BCUT2D eigenvalue weighted by molar-refractivity contribution is 7.13. The van der Waals surface area contributed by atoms with Gasteiger partial charge in [-0.3, -0.25) is 24.1 Å². The number of aryl methyl sites for hydroxylation is 1. The van der Waals surface area contributed by atoms with Crippen LogP contribution >= 0.6 is 11.3 Å². The van der Waals surface area contributed by atoms with Gasteiger partial charge in [-0.15, -0.1) is 11.3 Å². The molecule has 7 atom stereocenters. The Balaban J connectivity index is 0.852. The highest BCUT2D eigenvalue weighted by Crippen LogP contribution is 2.44. The number of aromatic amines is 1. The van der Waals surface area contributed by atoms with Gasteiger partial charge in [0.25, 0.3) is 0 Å². The average molecular weight is 1100 g/mol. The van der Waals surface area contributed by atoms with Gasteiger partial charge in [-0.2, -0.15) is 0 Å². The Kier molecular flexibility index (Phi) is 20.2. The molecule has 7 rings (SSSR count). The molecule has 4 heterocycles. The number of ether oxygens (including phenoxy) is 5. The summed E-state index contributed by atoms with van der Waals surface area (Å²) in [6.07, 6.45) is 0.487. The van der Waals surface area contributed by atoms with Gasteiger partial charge >= 0.3 is 5.97 Å². The summed E-state index contributed by atoms with van der Waals surface area (Å²) in [5.74, 6) is -3.89. The van der Waals surface area contributed by atoms with E-state index >= 15 is 13.2 Å². The number of nitrogens with two attached hydrogens (primary N) is 1. The molecule has 1 saturated heterocycles. The molecule has 5 N–H and O–H groups in total. The van der Waals surface area contributed by atoms with Crippen LogP contribution < -0.4 is 21.1 Å². The molecular formula is C58H76F3N7O9S. The molecule has 2 aromatic heterocycles. The van der Waals surface area contributed by atoms with Crippen LogP contribution in [0, 0.1) is 29.9 Å². The third-order valence-electron chi connectivity index (χ3n) is 14.4. The minimum absolute atomic E-state index is 0.000113. The van der Waals surface area contributed by atoms with Gasteiger partial charge < -0.3 is 49.9 Å². The second-order valence-electron chi connectivity index (χ2n) is 22.1.